The van der Waals surface area contributed by atoms with Gasteiger partial charge in [0, 0.05) is 37.2 Å². The number of benzene rings is 1. The molecule has 1 heterocycles. The Kier molecular flexibility index (Phi) is 2.92. The summed E-state index contributed by atoms with van der Waals surface area (Å²) >= 11 is 0. The predicted octanol–water partition coefficient (Wildman–Crippen LogP) is 1.20. The molecule has 2 aromatic rings. The molecule has 3 N–H and O–H groups in total. The molecule has 0 atom stereocenters. The van der Waals surface area contributed by atoms with Crippen LogP contribution in [0.4, 0.5) is 0 Å². The number of amides is 1. The lowest BCUT2D eigenvalue weighted by Gasteiger charge is -2.15. The SMILES string of the molecule is CN(CCN)C(=O)c1c[nH]c2ccccc12. The maximum absolute atomic E-state index is 12.1. The molecule has 84 valence electrons. The Bertz CT molecular complexity index is 504. The molecule has 0 aliphatic carbocycles. The van der Waals surface area contributed by atoms with E-state index in [2.05, 4.69) is 4.98 Å². The molecule has 4 heteroatoms. The van der Waals surface area contributed by atoms with Gasteiger partial charge >= 0.3 is 0 Å². The number of fused-ring (bicyclic) bond motifs is 1. The fourth-order valence-corrected chi connectivity index (χ4v) is 1.75. The van der Waals surface area contributed by atoms with E-state index in [9.17, 15) is 4.79 Å². The van der Waals surface area contributed by atoms with Crippen LogP contribution < -0.4 is 5.73 Å². The molecule has 0 radical (unpaired) electrons. The van der Waals surface area contributed by atoms with Crippen LogP contribution in [0.2, 0.25) is 0 Å². The average molecular weight is 217 g/mol. The van der Waals surface area contributed by atoms with Gasteiger partial charge in [-0.3, -0.25) is 4.79 Å². The number of hydrogen-bond donors (Lipinski definition) is 2. The fourth-order valence-electron chi connectivity index (χ4n) is 1.75. The minimum absolute atomic E-state index is 0.00269. The quantitative estimate of drug-likeness (QED) is 0.811. The lowest BCUT2D eigenvalue weighted by atomic mass is 10.1. The minimum Gasteiger partial charge on any atom is -0.360 e. The second-order valence-corrected chi connectivity index (χ2v) is 3.76. The zero-order chi connectivity index (χ0) is 11.5. The number of nitrogens with one attached hydrogen (secondary N) is 1. The van der Waals surface area contributed by atoms with E-state index >= 15 is 0 Å². The number of carbonyl (C=O) groups is 1. The van der Waals surface area contributed by atoms with Gasteiger partial charge < -0.3 is 15.6 Å². The number of aromatic amines is 1. The van der Waals surface area contributed by atoms with Crippen molar-refractivity contribution in [3.05, 3.63) is 36.0 Å². The van der Waals surface area contributed by atoms with Gasteiger partial charge in [0.15, 0.2) is 0 Å². The van der Waals surface area contributed by atoms with Gasteiger partial charge in [-0.1, -0.05) is 18.2 Å². The van der Waals surface area contributed by atoms with Gasteiger partial charge in [-0.2, -0.15) is 0 Å². The molecule has 0 unspecified atom stereocenters. The summed E-state index contributed by atoms with van der Waals surface area (Å²) in [5, 5.41) is 0.955. The van der Waals surface area contributed by atoms with Crippen LogP contribution in [0.15, 0.2) is 30.5 Å². The molecule has 2 rings (SSSR count). The molecule has 4 nitrogen and oxygen atoms in total. The second-order valence-electron chi connectivity index (χ2n) is 3.76. The third-order valence-corrected chi connectivity index (χ3v) is 2.63. The summed E-state index contributed by atoms with van der Waals surface area (Å²) in [7, 11) is 1.76. The summed E-state index contributed by atoms with van der Waals surface area (Å²) < 4.78 is 0. The van der Waals surface area contributed by atoms with Crippen molar-refractivity contribution in [2.75, 3.05) is 20.1 Å². The maximum Gasteiger partial charge on any atom is 0.255 e. The topological polar surface area (TPSA) is 62.1 Å². The van der Waals surface area contributed by atoms with Crippen LogP contribution >= 0.6 is 0 Å². The first-order valence-corrected chi connectivity index (χ1v) is 5.25. The molecular weight excluding hydrogens is 202 g/mol. The van der Waals surface area contributed by atoms with Crippen molar-refractivity contribution in [1.29, 1.82) is 0 Å². The molecule has 0 saturated heterocycles. The first-order chi connectivity index (χ1) is 7.74. The van der Waals surface area contributed by atoms with E-state index in [1.807, 2.05) is 24.3 Å². The Labute approximate surface area is 94.0 Å². The lowest BCUT2D eigenvalue weighted by Crippen LogP contribution is -2.31. The van der Waals surface area contributed by atoms with Crippen LogP contribution in [0.25, 0.3) is 10.9 Å². The summed E-state index contributed by atoms with van der Waals surface area (Å²) in [6.45, 7) is 1.04. The molecule has 0 spiro atoms. The van der Waals surface area contributed by atoms with Crippen LogP contribution in [-0.2, 0) is 0 Å². The molecule has 0 aliphatic rings. The minimum atomic E-state index is 0.00269. The van der Waals surface area contributed by atoms with Crippen molar-refractivity contribution >= 4 is 16.8 Å². The third kappa shape index (κ3) is 1.79. The van der Waals surface area contributed by atoms with E-state index in [0.717, 1.165) is 10.9 Å². The molecule has 0 fully saturated rings. The molecule has 0 aliphatic heterocycles. The number of hydrogen-bond acceptors (Lipinski definition) is 2. The molecular formula is C12H15N3O. The first kappa shape index (κ1) is 10.7. The van der Waals surface area contributed by atoms with Gasteiger partial charge in [0.05, 0.1) is 5.56 Å². The number of carbonyl (C=O) groups excluding carboxylic acids is 1. The molecule has 1 amide bonds. The van der Waals surface area contributed by atoms with Crippen molar-refractivity contribution in [2.24, 2.45) is 5.73 Å². The predicted molar refractivity (Wildman–Crippen MR) is 64.3 cm³/mol. The average Bonchev–Trinajstić information content (AvgIpc) is 2.72. The summed E-state index contributed by atoms with van der Waals surface area (Å²) in [5.41, 5.74) is 7.11. The molecule has 0 bridgehead atoms. The molecule has 1 aromatic carbocycles. The Morgan fingerprint density at radius 3 is 2.94 bits per heavy atom. The zero-order valence-electron chi connectivity index (χ0n) is 9.23. The van der Waals surface area contributed by atoms with Crippen LogP contribution in [-0.4, -0.2) is 35.9 Å². The Morgan fingerprint density at radius 1 is 1.44 bits per heavy atom. The summed E-state index contributed by atoms with van der Waals surface area (Å²) in [6.07, 6.45) is 1.75. The number of nitrogens with two attached hydrogens (primary N) is 1. The highest BCUT2D eigenvalue weighted by molar-refractivity contribution is 6.06. The second kappa shape index (κ2) is 4.37. The van der Waals surface area contributed by atoms with Gasteiger partial charge in [-0.15, -0.1) is 0 Å². The summed E-state index contributed by atoms with van der Waals surface area (Å²) in [4.78, 5) is 16.8. The highest BCUT2D eigenvalue weighted by Crippen LogP contribution is 2.18. The van der Waals surface area contributed by atoms with Gasteiger partial charge in [-0.05, 0) is 6.07 Å². The van der Waals surface area contributed by atoms with E-state index < -0.39 is 0 Å². The fraction of sp³-hybridized carbons (Fsp3) is 0.250. The zero-order valence-corrected chi connectivity index (χ0v) is 9.23. The smallest absolute Gasteiger partial charge is 0.255 e. The number of rotatable bonds is 3. The highest BCUT2D eigenvalue weighted by Gasteiger charge is 2.14. The van der Waals surface area contributed by atoms with E-state index in [0.29, 0.717) is 18.7 Å². The summed E-state index contributed by atoms with van der Waals surface area (Å²) in [5.74, 6) is 0.00269. The number of nitrogens with zero attached hydrogens (tertiary/aromatic N) is 1. The molecule has 1 aromatic heterocycles. The van der Waals surface area contributed by atoms with E-state index in [1.165, 1.54) is 0 Å². The van der Waals surface area contributed by atoms with Crippen molar-refractivity contribution in [3.63, 3.8) is 0 Å². The highest BCUT2D eigenvalue weighted by atomic mass is 16.2. The monoisotopic (exact) mass is 217 g/mol. The van der Waals surface area contributed by atoms with E-state index in [-0.39, 0.29) is 5.91 Å². The van der Waals surface area contributed by atoms with Crippen LogP contribution in [0.3, 0.4) is 0 Å². The van der Waals surface area contributed by atoms with Gasteiger partial charge in [0.2, 0.25) is 0 Å². The van der Waals surface area contributed by atoms with Crippen LogP contribution in [0.5, 0.6) is 0 Å². The first-order valence-electron chi connectivity index (χ1n) is 5.25. The number of likely N-dealkylation sites (N-methyl/N-ethyl adjacent to an activating group) is 1. The van der Waals surface area contributed by atoms with E-state index in [1.54, 1.807) is 18.1 Å². The standard InChI is InChI=1S/C12H15N3O/c1-15(7-6-13)12(16)10-8-14-11-5-3-2-4-9(10)11/h2-5,8,14H,6-7,13H2,1H3. The molecule has 16 heavy (non-hydrogen) atoms. The van der Waals surface area contributed by atoms with Gasteiger partial charge in [-0.25, -0.2) is 0 Å². The third-order valence-electron chi connectivity index (χ3n) is 2.63. The normalized spacial score (nSPS) is 10.6. The van der Waals surface area contributed by atoms with Crippen molar-refractivity contribution in [2.45, 2.75) is 0 Å². The Hall–Kier alpha value is -1.81. The van der Waals surface area contributed by atoms with Crippen molar-refractivity contribution in [3.8, 4) is 0 Å². The maximum atomic E-state index is 12.1. The number of para-hydroxylation sites is 1. The number of aromatic nitrogens is 1. The van der Waals surface area contributed by atoms with Crippen LogP contribution in [0, 0.1) is 0 Å². The largest absolute Gasteiger partial charge is 0.360 e. The lowest BCUT2D eigenvalue weighted by molar-refractivity contribution is 0.0801. The van der Waals surface area contributed by atoms with E-state index in [4.69, 9.17) is 5.73 Å². The Balaban J connectivity index is 2.36. The van der Waals surface area contributed by atoms with Gasteiger partial charge in [0.1, 0.15) is 0 Å². The summed E-state index contributed by atoms with van der Waals surface area (Å²) in [6, 6.07) is 7.76. The van der Waals surface area contributed by atoms with Crippen LogP contribution in [0.1, 0.15) is 10.4 Å². The number of H-pyrrole nitrogens is 1. The van der Waals surface area contributed by atoms with Crippen molar-refractivity contribution in [1.82, 2.24) is 9.88 Å². The van der Waals surface area contributed by atoms with Gasteiger partial charge in [0.25, 0.3) is 5.91 Å². The van der Waals surface area contributed by atoms with Crippen molar-refractivity contribution < 1.29 is 4.79 Å². The Morgan fingerprint density at radius 2 is 2.19 bits per heavy atom. The molecule has 0 saturated carbocycles.